The fraction of sp³-hybridized carbons (Fsp3) is 0.621. The zero-order chi connectivity index (χ0) is 27.2. The minimum atomic E-state index is -0.230. The van der Waals surface area contributed by atoms with Crippen LogP contribution in [-0.4, -0.2) is 26.8 Å². The van der Waals surface area contributed by atoms with Crippen molar-refractivity contribution in [3.8, 4) is 11.8 Å². The van der Waals surface area contributed by atoms with E-state index in [1.807, 2.05) is 0 Å². The lowest BCUT2D eigenvalue weighted by Gasteiger charge is -2.15. The number of nitrogens with two attached hydrogens (primary N) is 2. The average molecular weight is 525 g/mol. The number of benzene rings is 1. The number of ether oxygens (including phenoxy) is 1. The van der Waals surface area contributed by atoms with E-state index in [1.54, 1.807) is 24.3 Å². The normalized spacial score (nSPS) is 15.4. The Morgan fingerprint density at radius 3 is 1.79 bits per heavy atom. The molecular formula is C29H44N6O3. The van der Waals surface area contributed by atoms with Gasteiger partial charge in [-0.3, -0.25) is 14.5 Å². The van der Waals surface area contributed by atoms with Crippen molar-refractivity contribution in [2.45, 2.75) is 110 Å². The predicted octanol–water partition coefficient (Wildman–Crippen LogP) is 6.58. The van der Waals surface area contributed by atoms with Crippen molar-refractivity contribution in [2.24, 2.45) is 5.92 Å². The van der Waals surface area contributed by atoms with Crippen molar-refractivity contribution in [2.75, 3.05) is 16.4 Å². The van der Waals surface area contributed by atoms with Gasteiger partial charge in [-0.2, -0.15) is 15.0 Å². The smallest absolute Gasteiger partial charge is 0.328 e. The summed E-state index contributed by atoms with van der Waals surface area (Å²) >= 11 is 0. The summed E-state index contributed by atoms with van der Waals surface area (Å²) in [7, 11) is 0. The average Bonchev–Trinajstić information content (AvgIpc) is 3.16. The maximum Gasteiger partial charge on any atom is 0.328 e. The van der Waals surface area contributed by atoms with Crippen molar-refractivity contribution in [1.82, 2.24) is 15.0 Å². The topological polar surface area (TPSA) is 137 Å². The summed E-state index contributed by atoms with van der Waals surface area (Å²) in [5.41, 5.74) is 11.7. The van der Waals surface area contributed by atoms with Crippen LogP contribution in [0.3, 0.4) is 0 Å². The van der Waals surface area contributed by atoms with E-state index in [-0.39, 0.29) is 42.1 Å². The molecule has 0 bridgehead atoms. The Hall–Kier alpha value is -3.23. The number of carbonyl (C=O) groups is 2. The standard InChI is InChI=1S/C29H44N6O3/c1-2-3-4-5-6-7-8-9-10-11-12-13-14-15-16-22-21-25(36)35(26(22)37)23-17-19-24(20-18-23)38-29-33-27(30)32-28(31)34-29/h17-20,22H,2-16,21H2,1H3,(H4,30,31,32,33,34). The zero-order valence-corrected chi connectivity index (χ0v) is 22.9. The molecule has 3 rings (SSSR count). The summed E-state index contributed by atoms with van der Waals surface area (Å²) in [5, 5.41) is 0. The van der Waals surface area contributed by atoms with E-state index in [9.17, 15) is 9.59 Å². The molecule has 1 aliphatic rings. The second kappa shape index (κ2) is 15.9. The Bertz CT molecular complexity index is 994. The Morgan fingerprint density at radius 2 is 1.26 bits per heavy atom. The number of nitrogens with zero attached hydrogens (tertiary/aromatic N) is 4. The number of anilines is 3. The molecule has 0 aliphatic carbocycles. The van der Waals surface area contributed by atoms with Crippen LogP contribution in [0.2, 0.25) is 0 Å². The third kappa shape index (κ3) is 9.58. The van der Waals surface area contributed by atoms with Crippen LogP contribution < -0.4 is 21.1 Å². The highest BCUT2D eigenvalue weighted by atomic mass is 16.5. The second-order valence-electron chi connectivity index (χ2n) is 10.3. The number of imide groups is 1. The van der Waals surface area contributed by atoms with Gasteiger partial charge >= 0.3 is 6.01 Å². The fourth-order valence-corrected chi connectivity index (χ4v) is 4.98. The van der Waals surface area contributed by atoms with Crippen LogP contribution in [0.4, 0.5) is 17.6 Å². The highest BCUT2D eigenvalue weighted by Crippen LogP contribution is 2.31. The largest absolute Gasteiger partial charge is 0.424 e. The maximum atomic E-state index is 13.0. The number of hydrogen-bond acceptors (Lipinski definition) is 8. The van der Waals surface area contributed by atoms with Crippen LogP contribution in [-0.2, 0) is 9.59 Å². The molecule has 0 saturated carbocycles. The summed E-state index contributed by atoms with van der Waals surface area (Å²) in [6.45, 7) is 2.26. The Labute approximate surface area is 226 Å². The molecule has 0 spiro atoms. The molecule has 1 aromatic heterocycles. The van der Waals surface area contributed by atoms with Gasteiger partial charge in [-0.15, -0.1) is 0 Å². The minimum absolute atomic E-state index is 0.0238. The van der Waals surface area contributed by atoms with E-state index in [0.29, 0.717) is 11.4 Å². The number of aromatic nitrogens is 3. The summed E-state index contributed by atoms with van der Waals surface area (Å²) in [4.78, 5) is 38.3. The molecule has 1 aromatic carbocycles. The Balaban J connectivity index is 1.30. The highest BCUT2D eigenvalue weighted by Gasteiger charge is 2.38. The molecule has 208 valence electrons. The quantitative estimate of drug-likeness (QED) is 0.165. The molecular weight excluding hydrogens is 480 g/mol. The number of carbonyl (C=O) groups excluding carboxylic acids is 2. The van der Waals surface area contributed by atoms with Crippen molar-refractivity contribution < 1.29 is 14.3 Å². The molecule has 0 radical (unpaired) electrons. The lowest BCUT2D eigenvalue weighted by atomic mass is 9.98. The molecule has 9 heteroatoms. The molecule has 1 unspecified atom stereocenters. The van der Waals surface area contributed by atoms with Gasteiger partial charge in [0.15, 0.2) is 0 Å². The Morgan fingerprint density at radius 1 is 0.763 bits per heavy atom. The third-order valence-electron chi connectivity index (χ3n) is 7.10. The van der Waals surface area contributed by atoms with Crippen LogP contribution in [0, 0.1) is 5.92 Å². The van der Waals surface area contributed by atoms with Crippen LogP contribution in [0.1, 0.15) is 110 Å². The first-order valence-corrected chi connectivity index (χ1v) is 14.4. The van der Waals surface area contributed by atoms with Gasteiger partial charge in [0.05, 0.1) is 5.69 Å². The molecule has 1 aliphatic heterocycles. The molecule has 1 fully saturated rings. The molecule has 9 nitrogen and oxygen atoms in total. The fourth-order valence-electron chi connectivity index (χ4n) is 4.98. The van der Waals surface area contributed by atoms with Gasteiger partial charge < -0.3 is 16.2 Å². The lowest BCUT2D eigenvalue weighted by Crippen LogP contribution is -2.30. The van der Waals surface area contributed by atoms with Gasteiger partial charge in [0, 0.05) is 12.3 Å². The van der Waals surface area contributed by atoms with Crippen molar-refractivity contribution >= 4 is 29.4 Å². The van der Waals surface area contributed by atoms with Crippen molar-refractivity contribution in [1.29, 1.82) is 0 Å². The first kappa shape index (κ1) is 29.3. The van der Waals surface area contributed by atoms with Crippen LogP contribution in [0.25, 0.3) is 0 Å². The highest BCUT2D eigenvalue weighted by molar-refractivity contribution is 6.20. The number of unbranched alkanes of at least 4 members (excludes halogenated alkanes) is 13. The Kier molecular flexibility index (Phi) is 12.3. The third-order valence-corrected chi connectivity index (χ3v) is 7.10. The molecule has 2 amide bonds. The first-order valence-electron chi connectivity index (χ1n) is 14.4. The SMILES string of the molecule is CCCCCCCCCCCCCCCCC1CC(=O)N(c2ccc(Oc3nc(N)nc(N)n3)cc2)C1=O. The minimum Gasteiger partial charge on any atom is -0.424 e. The van der Waals surface area contributed by atoms with Gasteiger partial charge in [0.25, 0.3) is 0 Å². The van der Waals surface area contributed by atoms with Gasteiger partial charge in [0.1, 0.15) is 5.75 Å². The predicted molar refractivity (Wildman–Crippen MR) is 151 cm³/mol. The van der Waals surface area contributed by atoms with E-state index in [4.69, 9.17) is 16.2 Å². The van der Waals surface area contributed by atoms with Gasteiger partial charge in [-0.25, -0.2) is 0 Å². The molecule has 4 N–H and O–H groups in total. The van der Waals surface area contributed by atoms with E-state index in [1.165, 1.54) is 81.9 Å². The zero-order valence-electron chi connectivity index (χ0n) is 22.9. The number of amides is 2. The van der Waals surface area contributed by atoms with Gasteiger partial charge in [-0.05, 0) is 30.7 Å². The summed E-state index contributed by atoms with van der Waals surface area (Å²) in [5.74, 6) is -0.151. The summed E-state index contributed by atoms with van der Waals surface area (Å²) in [6.07, 6.45) is 19.3. The van der Waals surface area contributed by atoms with E-state index < -0.39 is 0 Å². The second-order valence-corrected chi connectivity index (χ2v) is 10.3. The summed E-state index contributed by atoms with van der Waals surface area (Å²) < 4.78 is 5.56. The van der Waals surface area contributed by atoms with E-state index in [2.05, 4.69) is 21.9 Å². The molecule has 38 heavy (non-hydrogen) atoms. The number of nitrogen functional groups attached to an aromatic ring is 2. The van der Waals surface area contributed by atoms with Crippen LogP contribution >= 0.6 is 0 Å². The van der Waals surface area contributed by atoms with E-state index >= 15 is 0 Å². The van der Waals surface area contributed by atoms with Crippen LogP contribution in [0.5, 0.6) is 11.8 Å². The molecule has 1 atom stereocenters. The monoisotopic (exact) mass is 524 g/mol. The molecule has 1 saturated heterocycles. The van der Waals surface area contributed by atoms with E-state index in [0.717, 1.165) is 19.3 Å². The summed E-state index contributed by atoms with van der Waals surface area (Å²) in [6, 6.07) is 6.62. The maximum absolute atomic E-state index is 13.0. The van der Waals surface area contributed by atoms with Gasteiger partial charge in [-0.1, -0.05) is 96.8 Å². The number of hydrogen-bond donors (Lipinski definition) is 2. The molecule has 2 heterocycles. The van der Waals surface area contributed by atoms with Crippen molar-refractivity contribution in [3.05, 3.63) is 24.3 Å². The van der Waals surface area contributed by atoms with Gasteiger partial charge in [0.2, 0.25) is 23.7 Å². The van der Waals surface area contributed by atoms with Crippen LogP contribution in [0.15, 0.2) is 24.3 Å². The molecule has 2 aromatic rings. The lowest BCUT2D eigenvalue weighted by molar-refractivity contribution is -0.122. The first-order chi connectivity index (χ1) is 18.5. The number of rotatable bonds is 18. The van der Waals surface area contributed by atoms with Crippen molar-refractivity contribution in [3.63, 3.8) is 0 Å².